The van der Waals surface area contributed by atoms with E-state index in [9.17, 15) is 9.59 Å². The number of amides is 1. The van der Waals surface area contributed by atoms with Gasteiger partial charge in [0.1, 0.15) is 5.75 Å². The fraction of sp³-hybridized carbons (Fsp3) is 0.0714. The average molecular weight is 287 g/mol. The Labute approximate surface area is 120 Å². The van der Waals surface area contributed by atoms with Gasteiger partial charge in [-0.1, -0.05) is 0 Å². The number of hydrogen-bond acceptors (Lipinski definition) is 5. The Balaban J connectivity index is 2.26. The second-order valence-electron chi connectivity index (χ2n) is 4.14. The first-order chi connectivity index (χ1) is 10.0. The van der Waals surface area contributed by atoms with E-state index in [1.807, 2.05) is 0 Å². The predicted octanol–water partition coefficient (Wildman–Crippen LogP) is 1.62. The number of nitrogens with two attached hydrogens (primary N) is 1. The van der Waals surface area contributed by atoms with Crippen LogP contribution in [0.1, 0.15) is 20.7 Å². The van der Waals surface area contributed by atoms with Crippen molar-refractivity contribution in [1.82, 2.24) is 4.98 Å². The number of nitrogen functional groups attached to an aromatic ring is 1. The van der Waals surface area contributed by atoms with Crippen LogP contribution < -0.4 is 15.8 Å². The monoisotopic (exact) mass is 287 g/mol. The van der Waals surface area contributed by atoms with Crippen molar-refractivity contribution in [2.75, 3.05) is 18.2 Å². The van der Waals surface area contributed by atoms with Gasteiger partial charge in [0.2, 0.25) is 0 Å². The minimum atomic E-state index is -1.09. The van der Waals surface area contributed by atoms with E-state index in [1.54, 1.807) is 0 Å². The lowest BCUT2D eigenvalue weighted by Crippen LogP contribution is -2.14. The van der Waals surface area contributed by atoms with Gasteiger partial charge < -0.3 is 20.9 Å². The van der Waals surface area contributed by atoms with E-state index < -0.39 is 11.9 Å². The third kappa shape index (κ3) is 3.08. The molecule has 0 radical (unpaired) electrons. The third-order valence-corrected chi connectivity index (χ3v) is 2.80. The molecule has 7 nitrogen and oxygen atoms in total. The van der Waals surface area contributed by atoms with Gasteiger partial charge in [-0.05, 0) is 24.3 Å². The Bertz CT molecular complexity index is 700. The van der Waals surface area contributed by atoms with Crippen molar-refractivity contribution in [3.63, 3.8) is 0 Å². The number of hydrogen-bond donors (Lipinski definition) is 3. The van der Waals surface area contributed by atoms with E-state index >= 15 is 0 Å². The Morgan fingerprint density at radius 3 is 2.71 bits per heavy atom. The molecule has 4 N–H and O–H groups in total. The molecule has 108 valence electrons. The highest BCUT2D eigenvalue weighted by molar-refractivity contribution is 6.07. The molecular formula is C14H13N3O4. The number of anilines is 2. The summed E-state index contributed by atoms with van der Waals surface area (Å²) in [5.74, 6) is -1.19. The number of methoxy groups -OCH3 is 1. The van der Waals surface area contributed by atoms with Crippen molar-refractivity contribution in [2.45, 2.75) is 0 Å². The summed E-state index contributed by atoms with van der Waals surface area (Å²) in [6.45, 7) is 0. The van der Waals surface area contributed by atoms with Crippen LogP contribution in [-0.2, 0) is 0 Å². The Hall–Kier alpha value is -3.09. The zero-order valence-corrected chi connectivity index (χ0v) is 11.2. The number of rotatable bonds is 4. The first-order valence-electron chi connectivity index (χ1n) is 5.95. The molecule has 0 aliphatic rings. The van der Waals surface area contributed by atoms with Crippen LogP contribution >= 0.6 is 0 Å². The third-order valence-electron chi connectivity index (χ3n) is 2.80. The molecule has 7 heteroatoms. The normalized spacial score (nSPS) is 9.95. The quantitative estimate of drug-likeness (QED) is 0.736. The molecule has 0 fully saturated rings. The second-order valence-corrected chi connectivity index (χ2v) is 4.14. The largest absolute Gasteiger partial charge is 0.494 e. The van der Waals surface area contributed by atoms with Crippen LogP contribution in [0.2, 0.25) is 0 Å². The standard InChI is InChI=1S/C14H13N3O4/c1-21-12-7-16-5-4-9(12)13(18)17-11-3-2-8(14(19)20)6-10(11)15/h2-7H,15H2,1H3,(H,17,18)(H,19,20). The number of nitrogens with zero attached hydrogens (tertiary/aromatic N) is 1. The maximum absolute atomic E-state index is 12.2. The van der Waals surface area contributed by atoms with Crippen molar-refractivity contribution < 1.29 is 19.4 Å². The fourth-order valence-corrected chi connectivity index (χ4v) is 1.73. The predicted molar refractivity (Wildman–Crippen MR) is 76.6 cm³/mol. The van der Waals surface area contributed by atoms with Crippen LogP contribution in [0.25, 0.3) is 0 Å². The smallest absolute Gasteiger partial charge is 0.335 e. The zero-order chi connectivity index (χ0) is 15.4. The van der Waals surface area contributed by atoms with Crippen molar-refractivity contribution >= 4 is 23.3 Å². The van der Waals surface area contributed by atoms with E-state index in [0.717, 1.165) is 0 Å². The number of carbonyl (C=O) groups is 2. The van der Waals surface area contributed by atoms with Gasteiger partial charge in [-0.3, -0.25) is 9.78 Å². The van der Waals surface area contributed by atoms with Crippen LogP contribution in [0.5, 0.6) is 5.75 Å². The lowest BCUT2D eigenvalue weighted by molar-refractivity contribution is 0.0697. The second kappa shape index (κ2) is 5.91. The average Bonchev–Trinajstić information content (AvgIpc) is 2.48. The van der Waals surface area contributed by atoms with Gasteiger partial charge in [0.25, 0.3) is 5.91 Å². The number of carbonyl (C=O) groups excluding carboxylic acids is 1. The molecule has 1 aromatic carbocycles. The first kappa shape index (κ1) is 14.3. The molecule has 1 amide bonds. The molecular weight excluding hydrogens is 274 g/mol. The Kier molecular flexibility index (Phi) is 4.03. The molecule has 1 aromatic heterocycles. The maximum Gasteiger partial charge on any atom is 0.335 e. The molecule has 0 unspecified atom stereocenters. The lowest BCUT2D eigenvalue weighted by Gasteiger charge is -2.10. The highest BCUT2D eigenvalue weighted by Crippen LogP contribution is 2.23. The number of benzene rings is 1. The molecule has 0 bridgehead atoms. The van der Waals surface area contributed by atoms with Gasteiger partial charge in [-0.2, -0.15) is 0 Å². The van der Waals surface area contributed by atoms with Gasteiger partial charge in [0.05, 0.1) is 35.8 Å². The number of aromatic carboxylic acids is 1. The molecule has 2 rings (SSSR count). The number of carboxylic acid groups (broad SMARTS) is 1. The minimum absolute atomic E-state index is 0.0481. The highest BCUT2D eigenvalue weighted by atomic mass is 16.5. The molecule has 0 spiro atoms. The van der Waals surface area contributed by atoms with Gasteiger partial charge in [-0.25, -0.2) is 4.79 Å². The summed E-state index contributed by atoms with van der Waals surface area (Å²) in [6, 6.07) is 5.58. The summed E-state index contributed by atoms with van der Waals surface area (Å²) < 4.78 is 5.05. The lowest BCUT2D eigenvalue weighted by atomic mass is 10.1. The first-order valence-corrected chi connectivity index (χ1v) is 5.95. The summed E-state index contributed by atoms with van der Waals surface area (Å²) in [5, 5.41) is 11.5. The molecule has 1 heterocycles. The summed E-state index contributed by atoms with van der Waals surface area (Å²) in [4.78, 5) is 26.9. The van der Waals surface area contributed by atoms with Crippen molar-refractivity contribution in [3.05, 3.63) is 47.8 Å². The summed E-state index contributed by atoms with van der Waals surface area (Å²) in [5.41, 5.74) is 6.57. The number of aromatic nitrogens is 1. The van der Waals surface area contributed by atoms with Gasteiger partial charge >= 0.3 is 5.97 Å². The van der Waals surface area contributed by atoms with Crippen molar-refractivity contribution in [2.24, 2.45) is 0 Å². The van der Waals surface area contributed by atoms with Crippen LogP contribution in [-0.4, -0.2) is 29.1 Å². The molecule has 21 heavy (non-hydrogen) atoms. The Morgan fingerprint density at radius 1 is 1.33 bits per heavy atom. The van der Waals surface area contributed by atoms with Crippen LogP contribution in [0, 0.1) is 0 Å². The summed E-state index contributed by atoms with van der Waals surface area (Å²) in [7, 11) is 1.43. The van der Waals surface area contributed by atoms with E-state index in [0.29, 0.717) is 17.0 Å². The van der Waals surface area contributed by atoms with Gasteiger partial charge in [0, 0.05) is 6.20 Å². The number of pyridine rings is 1. The number of carboxylic acids is 1. The molecule has 0 aliphatic heterocycles. The molecule has 0 saturated heterocycles. The van der Waals surface area contributed by atoms with Crippen LogP contribution in [0.4, 0.5) is 11.4 Å². The molecule has 0 atom stereocenters. The molecule has 2 aromatic rings. The van der Waals surface area contributed by atoms with Gasteiger partial charge in [0.15, 0.2) is 0 Å². The maximum atomic E-state index is 12.2. The van der Waals surface area contributed by atoms with Gasteiger partial charge in [-0.15, -0.1) is 0 Å². The fourth-order valence-electron chi connectivity index (χ4n) is 1.73. The zero-order valence-electron chi connectivity index (χ0n) is 11.2. The van der Waals surface area contributed by atoms with Crippen LogP contribution in [0.15, 0.2) is 36.7 Å². The SMILES string of the molecule is COc1cnccc1C(=O)Nc1ccc(C(=O)O)cc1N. The summed E-state index contributed by atoms with van der Waals surface area (Å²) in [6.07, 6.45) is 2.89. The molecule has 0 saturated carbocycles. The van der Waals surface area contributed by atoms with E-state index in [1.165, 1.54) is 43.8 Å². The minimum Gasteiger partial charge on any atom is -0.494 e. The summed E-state index contributed by atoms with van der Waals surface area (Å²) >= 11 is 0. The van der Waals surface area contributed by atoms with E-state index in [2.05, 4.69) is 10.3 Å². The van der Waals surface area contributed by atoms with E-state index in [-0.39, 0.29) is 11.3 Å². The Morgan fingerprint density at radius 2 is 2.10 bits per heavy atom. The number of nitrogens with one attached hydrogen (secondary N) is 1. The topological polar surface area (TPSA) is 115 Å². The van der Waals surface area contributed by atoms with E-state index in [4.69, 9.17) is 15.6 Å². The van der Waals surface area contributed by atoms with Crippen LogP contribution in [0.3, 0.4) is 0 Å². The van der Waals surface area contributed by atoms with Crippen molar-refractivity contribution in [1.29, 1.82) is 0 Å². The number of ether oxygens (including phenoxy) is 1. The van der Waals surface area contributed by atoms with Crippen molar-refractivity contribution in [3.8, 4) is 5.75 Å². The highest BCUT2D eigenvalue weighted by Gasteiger charge is 2.14. The molecule has 0 aliphatic carbocycles.